The zero-order chi connectivity index (χ0) is 24.9. The molecule has 34 heavy (non-hydrogen) atoms. The third-order valence-corrected chi connectivity index (χ3v) is 6.33. The Kier molecular flexibility index (Phi) is 5.58. The summed E-state index contributed by atoms with van der Waals surface area (Å²) in [6.45, 7) is 0. The third kappa shape index (κ3) is 4.57. The number of halogens is 6. The number of carbonyl (C=O) groups is 1. The van der Waals surface area contributed by atoms with Crippen LogP contribution in [0, 0.1) is 0 Å². The number of benzene rings is 1. The van der Waals surface area contributed by atoms with Crippen LogP contribution in [0.25, 0.3) is 5.95 Å². The van der Waals surface area contributed by atoms with E-state index in [0.717, 1.165) is 11.0 Å². The third-order valence-electron chi connectivity index (χ3n) is 4.83. The normalized spacial score (nSPS) is 18.3. The summed E-state index contributed by atoms with van der Waals surface area (Å²) in [4.78, 5) is 25.5. The van der Waals surface area contributed by atoms with Crippen molar-refractivity contribution in [2.75, 3.05) is 11.6 Å². The first-order chi connectivity index (χ1) is 15.8. The van der Waals surface area contributed by atoms with Gasteiger partial charge in [-0.15, -0.1) is 0 Å². The second-order valence-electron chi connectivity index (χ2n) is 7.20. The quantitative estimate of drug-likeness (QED) is 0.503. The van der Waals surface area contributed by atoms with E-state index in [4.69, 9.17) is 0 Å². The number of carbonyl (C=O) groups excluding carboxylic acids is 1. The SMILES string of the molecule is O=C(c1cc(C(F)(F)F)cc(C(F)(F)F)c1)N1CS(=O)(=O)C[C@H]1c1ncnn1-c1ncccn1. The molecular formula is C18H12F6N6O3S. The van der Waals surface area contributed by atoms with Crippen molar-refractivity contribution in [2.45, 2.75) is 18.4 Å². The van der Waals surface area contributed by atoms with Crippen LogP contribution >= 0.6 is 0 Å². The highest BCUT2D eigenvalue weighted by Crippen LogP contribution is 2.38. The van der Waals surface area contributed by atoms with Crippen LogP contribution in [0.1, 0.15) is 33.4 Å². The number of hydrogen-bond acceptors (Lipinski definition) is 7. The molecule has 4 rings (SSSR count). The Morgan fingerprint density at radius 2 is 1.53 bits per heavy atom. The maximum atomic E-state index is 13.2. The first kappa shape index (κ1) is 23.6. The fraction of sp³-hybridized carbons (Fsp3) is 0.278. The van der Waals surface area contributed by atoms with Crippen molar-refractivity contribution < 1.29 is 39.6 Å². The Balaban J connectivity index is 1.80. The molecule has 0 spiro atoms. The van der Waals surface area contributed by atoms with Gasteiger partial charge in [-0.1, -0.05) is 0 Å². The molecule has 0 aliphatic carbocycles. The second-order valence-corrected chi connectivity index (χ2v) is 9.28. The molecule has 0 saturated carbocycles. The molecule has 3 heterocycles. The Morgan fingerprint density at radius 3 is 2.09 bits per heavy atom. The van der Waals surface area contributed by atoms with Crippen molar-refractivity contribution in [1.29, 1.82) is 0 Å². The Hall–Kier alpha value is -3.56. The standard InChI is InChI=1S/C18H12F6N6O3S/c19-17(20,21)11-4-10(5-12(6-11)18(22,23)24)15(31)29-9-34(32,33)7-13(29)14-27-8-28-30(14)16-25-2-1-3-26-16/h1-6,8,13H,7,9H2/t13-/m0/s1. The smallest absolute Gasteiger partial charge is 0.313 e. The lowest BCUT2D eigenvalue weighted by molar-refractivity contribution is -0.143. The van der Waals surface area contributed by atoms with Gasteiger partial charge < -0.3 is 4.90 Å². The lowest BCUT2D eigenvalue weighted by atomic mass is 10.0. The highest BCUT2D eigenvalue weighted by atomic mass is 32.2. The predicted octanol–water partition coefficient (Wildman–Crippen LogP) is 2.66. The van der Waals surface area contributed by atoms with E-state index >= 15 is 0 Å². The maximum Gasteiger partial charge on any atom is 0.416 e. The number of nitrogens with zero attached hydrogens (tertiary/aromatic N) is 6. The van der Waals surface area contributed by atoms with Gasteiger partial charge in [0.1, 0.15) is 18.2 Å². The molecule has 0 N–H and O–H groups in total. The van der Waals surface area contributed by atoms with Crippen LogP contribution in [0.4, 0.5) is 26.3 Å². The van der Waals surface area contributed by atoms with Crippen LogP contribution in [0.15, 0.2) is 43.0 Å². The first-order valence-electron chi connectivity index (χ1n) is 9.24. The summed E-state index contributed by atoms with van der Waals surface area (Å²) in [7, 11) is -3.96. The summed E-state index contributed by atoms with van der Waals surface area (Å²) in [5, 5.41) is 3.89. The Bertz CT molecular complexity index is 1310. The minimum atomic E-state index is -5.18. The molecule has 1 amide bonds. The summed E-state index contributed by atoms with van der Waals surface area (Å²) < 4.78 is 105. The van der Waals surface area contributed by atoms with Gasteiger partial charge in [-0.05, 0) is 24.3 Å². The molecule has 1 atom stereocenters. The van der Waals surface area contributed by atoms with E-state index in [0.29, 0.717) is 4.90 Å². The molecule has 1 fully saturated rings. The monoisotopic (exact) mass is 506 g/mol. The van der Waals surface area contributed by atoms with Crippen molar-refractivity contribution in [1.82, 2.24) is 29.6 Å². The van der Waals surface area contributed by atoms with Gasteiger partial charge in [-0.2, -0.15) is 36.1 Å². The van der Waals surface area contributed by atoms with Gasteiger partial charge in [0.15, 0.2) is 15.7 Å². The average molecular weight is 506 g/mol. The summed E-state index contributed by atoms with van der Waals surface area (Å²) in [5.41, 5.74) is -4.39. The van der Waals surface area contributed by atoms with Gasteiger partial charge in [-0.25, -0.2) is 23.4 Å². The number of aromatic nitrogens is 5. The molecular weight excluding hydrogens is 494 g/mol. The van der Waals surface area contributed by atoms with E-state index < -0.39 is 62.5 Å². The molecule has 0 bridgehead atoms. The zero-order valence-electron chi connectivity index (χ0n) is 16.6. The molecule has 0 radical (unpaired) electrons. The molecule has 180 valence electrons. The van der Waals surface area contributed by atoms with Crippen molar-refractivity contribution in [2.24, 2.45) is 0 Å². The van der Waals surface area contributed by atoms with Crippen LogP contribution in [0.3, 0.4) is 0 Å². The summed E-state index contributed by atoms with van der Waals surface area (Å²) in [5.74, 6) is -3.16. The minimum absolute atomic E-state index is 0.0369. The Labute approximate surface area is 187 Å². The fourth-order valence-electron chi connectivity index (χ4n) is 3.38. The highest BCUT2D eigenvalue weighted by molar-refractivity contribution is 7.91. The van der Waals surface area contributed by atoms with Crippen molar-refractivity contribution in [3.8, 4) is 5.95 Å². The molecule has 1 aliphatic rings. The van der Waals surface area contributed by atoms with E-state index in [-0.39, 0.29) is 30.0 Å². The Morgan fingerprint density at radius 1 is 0.941 bits per heavy atom. The maximum absolute atomic E-state index is 13.2. The van der Waals surface area contributed by atoms with Gasteiger partial charge in [0.25, 0.3) is 11.9 Å². The zero-order valence-corrected chi connectivity index (χ0v) is 17.4. The fourth-order valence-corrected chi connectivity index (χ4v) is 5.01. The molecule has 0 unspecified atom stereocenters. The highest BCUT2D eigenvalue weighted by Gasteiger charge is 2.44. The van der Waals surface area contributed by atoms with E-state index in [1.54, 1.807) is 0 Å². The summed E-state index contributed by atoms with van der Waals surface area (Å²) in [6, 6.07) is 0.475. The minimum Gasteiger partial charge on any atom is -0.313 e. The van der Waals surface area contributed by atoms with Crippen LogP contribution in [0.5, 0.6) is 0 Å². The van der Waals surface area contributed by atoms with E-state index in [2.05, 4.69) is 20.1 Å². The molecule has 16 heteroatoms. The average Bonchev–Trinajstić information content (AvgIpc) is 3.36. The van der Waals surface area contributed by atoms with Crippen molar-refractivity contribution in [3.05, 3.63) is 65.5 Å². The van der Waals surface area contributed by atoms with Crippen molar-refractivity contribution in [3.63, 3.8) is 0 Å². The lowest BCUT2D eigenvalue weighted by Gasteiger charge is -2.23. The second kappa shape index (κ2) is 8.03. The topological polar surface area (TPSA) is 111 Å². The van der Waals surface area contributed by atoms with Gasteiger partial charge in [0, 0.05) is 18.0 Å². The molecule has 2 aromatic heterocycles. The van der Waals surface area contributed by atoms with Crippen LogP contribution in [0.2, 0.25) is 0 Å². The van der Waals surface area contributed by atoms with Crippen LogP contribution in [-0.4, -0.2) is 55.6 Å². The molecule has 1 aliphatic heterocycles. The van der Waals surface area contributed by atoms with E-state index in [9.17, 15) is 39.6 Å². The van der Waals surface area contributed by atoms with E-state index in [1.165, 1.54) is 18.5 Å². The van der Waals surface area contributed by atoms with E-state index in [1.807, 2.05) is 0 Å². The first-order valence-corrected chi connectivity index (χ1v) is 11.1. The summed E-state index contributed by atoms with van der Waals surface area (Å²) in [6.07, 6.45) is -6.65. The predicted molar refractivity (Wildman–Crippen MR) is 101 cm³/mol. The van der Waals surface area contributed by atoms with Crippen molar-refractivity contribution >= 4 is 15.7 Å². The van der Waals surface area contributed by atoms with Crippen LogP contribution in [-0.2, 0) is 22.2 Å². The van der Waals surface area contributed by atoms with Gasteiger partial charge >= 0.3 is 12.4 Å². The molecule has 1 saturated heterocycles. The number of rotatable bonds is 3. The van der Waals surface area contributed by atoms with Gasteiger partial charge in [0.2, 0.25) is 0 Å². The number of hydrogen-bond donors (Lipinski definition) is 0. The number of alkyl halides is 6. The van der Waals surface area contributed by atoms with Crippen LogP contribution < -0.4 is 0 Å². The van der Waals surface area contributed by atoms with Gasteiger partial charge in [-0.3, -0.25) is 4.79 Å². The lowest BCUT2D eigenvalue weighted by Crippen LogP contribution is -2.33. The molecule has 9 nitrogen and oxygen atoms in total. The molecule has 1 aromatic carbocycles. The number of amides is 1. The largest absolute Gasteiger partial charge is 0.416 e. The molecule has 3 aromatic rings. The van der Waals surface area contributed by atoms with Gasteiger partial charge in [0.05, 0.1) is 16.9 Å². The summed E-state index contributed by atoms with van der Waals surface area (Å²) >= 11 is 0. The number of sulfone groups is 1.